The standard InChI is InChI=1S/C46H33N5/c1-46(2)36-24-12-14-26-40(36)50(38-27-15-21-30-16-9-10-22-33(30)38)42-28-35-34-23-11-13-25-39(34)51(41(35)29-37(42)46)45-48-43(31-17-5-3-6-18-31)47-44(49-45)32-19-7-4-8-20-32/h3-29H,1-2H3. The first-order chi connectivity index (χ1) is 25.1. The summed E-state index contributed by atoms with van der Waals surface area (Å²) in [4.78, 5) is 17.8. The number of rotatable bonds is 4. The predicted octanol–water partition coefficient (Wildman–Crippen LogP) is 11.6. The lowest BCUT2D eigenvalue weighted by Crippen LogP contribution is -2.30. The number of hydrogen-bond donors (Lipinski definition) is 0. The van der Waals surface area contributed by atoms with Gasteiger partial charge in [-0.1, -0.05) is 147 Å². The average molecular weight is 656 g/mol. The molecule has 0 bridgehead atoms. The third-order valence-electron chi connectivity index (χ3n) is 10.4. The second kappa shape index (κ2) is 11.2. The molecule has 51 heavy (non-hydrogen) atoms. The first-order valence-electron chi connectivity index (χ1n) is 17.4. The van der Waals surface area contributed by atoms with Gasteiger partial charge in [0.15, 0.2) is 11.6 Å². The van der Waals surface area contributed by atoms with E-state index in [2.05, 4.69) is 151 Å². The Labute approximate surface area is 296 Å². The molecule has 242 valence electrons. The van der Waals surface area contributed by atoms with Crippen molar-refractivity contribution in [3.63, 3.8) is 0 Å². The van der Waals surface area contributed by atoms with Crippen LogP contribution in [0.25, 0.3) is 61.3 Å². The van der Waals surface area contributed by atoms with Gasteiger partial charge in [0.25, 0.3) is 0 Å². The molecule has 0 N–H and O–H groups in total. The molecule has 0 aliphatic carbocycles. The lowest BCUT2D eigenvalue weighted by atomic mass is 9.73. The predicted molar refractivity (Wildman–Crippen MR) is 209 cm³/mol. The van der Waals surface area contributed by atoms with Crippen LogP contribution in [0.5, 0.6) is 0 Å². The van der Waals surface area contributed by atoms with Gasteiger partial charge in [0.1, 0.15) is 0 Å². The molecule has 0 saturated carbocycles. The lowest BCUT2D eigenvalue weighted by Gasteiger charge is -2.42. The minimum absolute atomic E-state index is 0.286. The number of anilines is 3. The second-order valence-corrected chi connectivity index (χ2v) is 13.7. The zero-order valence-corrected chi connectivity index (χ0v) is 28.3. The molecule has 10 rings (SSSR count). The third-order valence-corrected chi connectivity index (χ3v) is 10.4. The van der Waals surface area contributed by atoms with E-state index in [4.69, 9.17) is 15.0 Å². The maximum Gasteiger partial charge on any atom is 0.238 e. The minimum Gasteiger partial charge on any atom is -0.309 e. The summed E-state index contributed by atoms with van der Waals surface area (Å²) < 4.78 is 2.23. The van der Waals surface area contributed by atoms with E-state index in [9.17, 15) is 0 Å². The molecule has 0 atom stereocenters. The molecule has 5 heteroatoms. The van der Waals surface area contributed by atoms with Gasteiger partial charge in [0.05, 0.1) is 28.1 Å². The van der Waals surface area contributed by atoms with Gasteiger partial charge < -0.3 is 4.90 Å². The zero-order valence-electron chi connectivity index (χ0n) is 28.3. The highest BCUT2D eigenvalue weighted by Gasteiger charge is 2.38. The summed E-state index contributed by atoms with van der Waals surface area (Å²) >= 11 is 0. The Morgan fingerprint density at radius 2 is 1.02 bits per heavy atom. The maximum absolute atomic E-state index is 5.18. The van der Waals surface area contributed by atoms with Crippen LogP contribution in [0.3, 0.4) is 0 Å². The fourth-order valence-electron chi connectivity index (χ4n) is 7.94. The summed E-state index contributed by atoms with van der Waals surface area (Å²) in [6.45, 7) is 4.68. The molecule has 0 radical (unpaired) electrons. The van der Waals surface area contributed by atoms with E-state index >= 15 is 0 Å². The number of nitrogens with zero attached hydrogens (tertiary/aromatic N) is 5. The highest BCUT2D eigenvalue weighted by Crippen LogP contribution is 2.54. The molecular formula is C46H33N5. The summed E-state index contributed by atoms with van der Waals surface area (Å²) in [5, 5.41) is 4.73. The van der Waals surface area contributed by atoms with Crippen molar-refractivity contribution in [2.45, 2.75) is 19.3 Å². The first-order valence-corrected chi connectivity index (χ1v) is 17.4. The van der Waals surface area contributed by atoms with Crippen molar-refractivity contribution in [2.75, 3.05) is 4.90 Å². The van der Waals surface area contributed by atoms with Crippen LogP contribution in [-0.4, -0.2) is 19.5 Å². The van der Waals surface area contributed by atoms with Gasteiger partial charge in [-0.25, -0.2) is 4.98 Å². The summed E-state index contributed by atoms with van der Waals surface area (Å²) in [6, 6.07) is 57.8. The van der Waals surface area contributed by atoms with Crippen molar-refractivity contribution in [3.05, 3.63) is 175 Å². The summed E-state index contributed by atoms with van der Waals surface area (Å²) in [5.74, 6) is 1.87. The van der Waals surface area contributed by atoms with Crippen LogP contribution in [0.1, 0.15) is 25.0 Å². The van der Waals surface area contributed by atoms with Crippen LogP contribution in [0.4, 0.5) is 17.1 Å². The summed E-state index contributed by atoms with van der Waals surface area (Å²) in [5.41, 5.74) is 9.78. The van der Waals surface area contributed by atoms with Gasteiger partial charge in [-0.2, -0.15) is 9.97 Å². The van der Waals surface area contributed by atoms with E-state index in [1.54, 1.807) is 0 Å². The monoisotopic (exact) mass is 655 g/mol. The van der Waals surface area contributed by atoms with E-state index in [0.29, 0.717) is 17.6 Å². The highest BCUT2D eigenvalue weighted by atomic mass is 15.2. The van der Waals surface area contributed by atoms with Crippen molar-refractivity contribution < 1.29 is 0 Å². The Hall–Kier alpha value is -6.59. The zero-order chi connectivity index (χ0) is 34.1. The molecule has 9 aromatic rings. The van der Waals surface area contributed by atoms with Crippen LogP contribution in [0, 0.1) is 0 Å². The molecular weight excluding hydrogens is 623 g/mol. The van der Waals surface area contributed by atoms with Crippen LogP contribution in [0.15, 0.2) is 164 Å². The first kappa shape index (κ1) is 29.3. The van der Waals surface area contributed by atoms with Crippen LogP contribution in [0.2, 0.25) is 0 Å². The van der Waals surface area contributed by atoms with Crippen molar-refractivity contribution in [3.8, 4) is 28.7 Å². The van der Waals surface area contributed by atoms with Crippen molar-refractivity contribution in [2.24, 2.45) is 0 Å². The van der Waals surface area contributed by atoms with Crippen LogP contribution >= 0.6 is 0 Å². The third kappa shape index (κ3) is 4.51. The SMILES string of the molecule is CC1(C)c2ccccc2N(c2cccc3ccccc23)c2cc3c4ccccc4n(-c4nc(-c5ccccc5)nc(-c5ccccc5)n4)c3cc21. The van der Waals surface area contributed by atoms with E-state index in [1.807, 2.05) is 36.4 Å². The van der Waals surface area contributed by atoms with Crippen LogP contribution in [-0.2, 0) is 5.41 Å². The highest BCUT2D eigenvalue weighted by molar-refractivity contribution is 6.12. The van der Waals surface area contributed by atoms with Gasteiger partial charge in [0, 0.05) is 32.7 Å². The maximum atomic E-state index is 5.18. The van der Waals surface area contributed by atoms with E-state index in [1.165, 1.54) is 33.3 Å². The van der Waals surface area contributed by atoms with Gasteiger partial charge in [-0.3, -0.25) is 4.57 Å². The number of fused-ring (bicyclic) bond motifs is 6. The summed E-state index contributed by atoms with van der Waals surface area (Å²) in [7, 11) is 0. The number of para-hydroxylation sites is 2. The Bertz CT molecular complexity index is 2720. The Morgan fingerprint density at radius 1 is 0.431 bits per heavy atom. The van der Waals surface area contributed by atoms with Crippen molar-refractivity contribution >= 4 is 49.6 Å². The van der Waals surface area contributed by atoms with Gasteiger partial charge in [0.2, 0.25) is 5.95 Å². The Balaban J connectivity index is 1.29. The molecule has 0 amide bonds. The van der Waals surface area contributed by atoms with E-state index < -0.39 is 0 Å². The molecule has 5 nitrogen and oxygen atoms in total. The van der Waals surface area contributed by atoms with E-state index in [0.717, 1.165) is 38.6 Å². The van der Waals surface area contributed by atoms with Gasteiger partial charge in [-0.15, -0.1) is 0 Å². The van der Waals surface area contributed by atoms with Crippen molar-refractivity contribution in [1.82, 2.24) is 19.5 Å². The van der Waals surface area contributed by atoms with E-state index in [-0.39, 0.29) is 5.41 Å². The summed E-state index contributed by atoms with van der Waals surface area (Å²) in [6.07, 6.45) is 0. The quantitative estimate of drug-likeness (QED) is 0.189. The topological polar surface area (TPSA) is 46.8 Å². The Kier molecular flexibility index (Phi) is 6.46. The van der Waals surface area contributed by atoms with Gasteiger partial charge >= 0.3 is 0 Å². The molecule has 0 fully saturated rings. The molecule has 7 aromatic carbocycles. The van der Waals surface area contributed by atoms with Gasteiger partial charge in [-0.05, 0) is 46.8 Å². The minimum atomic E-state index is -0.286. The second-order valence-electron chi connectivity index (χ2n) is 13.7. The normalized spacial score (nSPS) is 13.4. The molecule has 0 saturated heterocycles. The fourth-order valence-corrected chi connectivity index (χ4v) is 7.94. The molecule has 1 aliphatic rings. The Morgan fingerprint density at radius 3 is 1.76 bits per heavy atom. The molecule has 0 spiro atoms. The van der Waals surface area contributed by atoms with Crippen LogP contribution < -0.4 is 4.90 Å². The number of aromatic nitrogens is 4. The molecule has 1 aliphatic heterocycles. The average Bonchev–Trinajstić information content (AvgIpc) is 3.51. The number of benzene rings is 7. The molecule has 3 heterocycles. The van der Waals surface area contributed by atoms with Crippen molar-refractivity contribution in [1.29, 1.82) is 0 Å². The number of hydrogen-bond acceptors (Lipinski definition) is 4. The smallest absolute Gasteiger partial charge is 0.238 e. The molecule has 2 aromatic heterocycles. The lowest BCUT2D eigenvalue weighted by molar-refractivity contribution is 0.632. The fraction of sp³-hybridized carbons (Fsp3) is 0.0652. The molecule has 0 unspecified atom stereocenters. The largest absolute Gasteiger partial charge is 0.309 e.